The molecule has 2 aromatic rings. The van der Waals surface area contributed by atoms with Gasteiger partial charge in [-0.25, -0.2) is 9.78 Å². The van der Waals surface area contributed by atoms with Gasteiger partial charge in [-0.15, -0.1) is 0 Å². The molecule has 2 amide bonds. The Bertz CT molecular complexity index is 836. The molecule has 2 heterocycles. The number of carbonyl (C=O) groups is 2. The maximum Gasteiger partial charge on any atom is 0.409 e. The molecule has 0 aliphatic carbocycles. The van der Waals surface area contributed by atoms with E-state index in [0.29, 0.717) is 50.2 Å². The molecular weight excluding hydrogens is 360 g/mol. The third-order valence-corrected chi connectivity index (χ3v) is 4.19. The molecule has 28 heavy (non-hydrogen) atoms. The summed E-state index contributed by atoms with van der Waals surface area (Å²) in [5.41, 5.74) is 1.52. The molecule has 1 aliphatic heterocycles. The van der Waals surface area contributed by atoms with Crippen LogP contribution in [0.15, 0.2) is 36.5 Å². The van der Waals surface area contributed by atoms with Crippen LogP contribution in [-0.4, -0.2) is 59.7 Å². The minimum absolute atomic E-state index is 0.122. The van der Waals surface area contributed by atoms with Crippen LogP contribution >= 0.6 is 0 Å². The van der Waals surface area contributed by atoms with Crippen molar-refractivity contribution in [3.8, 4) is 0 Å². The van der Waals surface area contributed by atoms with Crippen LogP contribution in [0, 0.1) is 0 Å². The zero-order valence-electron chi connectivity index (χ0n) is 16.0. The van der Waals surface area contributed by atoms with Crippen molar-refractivity contribution in [1.29, 1.82) is 0 Å². The lowest BCUT2D eigenvalue weighted by Gasteiger charge is -2.34. The highest BCUT2D eigenvalue weighted by Crippen LogP contribution is 2.20. The number of hydrogen-bond acceptors (Lipinski definition) is 7. The molecule has 1 aromatic carbocycles. The molecular formula is C19H24N6O3. The summed E-state index contributed by atoms with van der Waals surface area (Å²) in [6.45, 7) is 6.06. The normalized spacial score (nSPS) is 13.8. The first-order valence-corrected chi connectivity index (χ1v) is 9.19. The Labute approximate surface area is 163 Å². The van der Waals surface area contributed by atoms with Gasteiger partial charge < -0.3 is 25.2 Å². The number of piperazine rings is 1. The predicted molar refractivity (Wildman–Crippen MR) is 107 cm³/mol. The lowest BCUT2D eigenvalue weighted by Crippen LogP contribution is -2.49. The summed E-state index contributed by atoms with van der Waals surface area (Å²) in [6.07, 6.45) is 1.41. The molecule has 3 rings (SSSR count). The molecule has 0 radical (unpaired) electrons. The van der Waals surface area contributed by atoms with Crippen molar-refractivity contribution in [2.24, 2.45) is 0 Å². The first-order valence-electron chi connectivity index (χ1n) is 9.19. The van der Waals surface area contributed by atoms with E-state index in [9.17, 15) is 9.59 Å². The van der Waals surface area contributed by atoms with Crippen LogP contribution in [0.4, 0.5) is 27.9 Å². The second-order valence-corrected chi connectivity index (χ2v) is 6.30. The van der Waals surface area contributed by atoms with Crippen LogP contribution in [0.1, 0.15) is 13.8 Å². The zero-order chi connectivity index (χ0) is 19.9. The lowest BCUT2D eigenvalue weighted by atomic mass is 10.2. The standard InChI is InChI=1S/C19H24N6O3/c1-3-28-19(27)25-11-9-24(10-12-25)18-20-8-7-17(23-18)22-16-6-4-5-15(13-16)21-14(2)26/h4-8,13H,3,9-12H2,1-2H3,(H,21,26)(H,20,22,23). The number of carbonyl (C=O) groups excluding carboxylic acids is 2. The molecule has 2 N–H and O–H groups in total. The SMILES string of the molecule is CCOC(=O)N1CCN(c2nccc(Nc3cccc(NC(C)=O)c3)n2)CC1. The second-order valence-electron chi connectivity index (χ2n) is 6.30. The molecule has 1 fully saturated rings. The van der Waals surface area contributed by atoms with Gasteiger partial charge in [0.2, 0.25) is 11.9 Å². The molecule has 0 saturated carbocycles. The van der Waals surface area contributed by atoms with Crippen molar-refractivity contribution < 1.29 is 14.3 Å². The van der Waals surface area contributed by atoms with Crippen molar-refractivity contribution in [3.05, 3.63) is 36.5 Å². The Morgan fingerprint density at radius 3 is 2.61 bits per heavy atom. The molecule has 148 valence electrons. The molecule has 9 heteroatoms. The highest BCUT2D eigenvalue weighted by molar-refractivity contribution is 5.89. The molecule has 0 unspecified atom stereocenters. The fourth-order valence-electron chi connectivity index (χ4n) is 2.90. The summed E-state index contributed by atoms with van der Waals surface area (Å²) < 4.78 is 5.04. The number of nitrogens with zero attached hydrogens (tertiary/aromatic N) is 4. The Morgan fingerprint density at radius 2 is 1.89 bits per heavy atom. The van der Waals surface area contributed by atoms with Gasteiger partial charge in [0.15, 0.2) is 0 Å². The Kier molecular flexibility index (Phi) is 6.25. The van der Waals surface area contributed by atoms with Gasteiger partial charge in [-0.2, -0.15) is 4.98 Å². The van der Waals surface area contributed by atoms with Crippen LogP contribution in [0.3, 0.4) is 0 Å². The molecule has 1 aliphatic rings. The minimum atomic E-state index is -0.280. The molecule has 0 bridgehead atoms. The van der Waals surface area contributed by atoms with Gasteiger partial charge >= 0.3 is 6.09 Å². The molecule has 0 atom stereocenters. The van der Waals surface area contributed by atoms with Crippen molar-refractivity contribution in [3.63, 3.8) is 0 Å². The van der Waals surface area contributed by atoms with E-state index in [4.69, 9.17) is 4.74 Å². The van der Waals surface area contributed by atoms with E-state index in [1.54, 1.807) is 24.1 Å². The maximum absolute atomic E-state index is 11.8. The number of amides is 2. The van der Waals surface area contributed by atoms with Gasteiger partial charge in [0.1, 0.15) is 5.82 Å². The second kappa shape index (κ2) is 9.03. The number of benzene rings is 1. The number of ether oxygens (including phenoxy) is 1. The number of nitrogens with one attached hydrogen (secondary N) is 2. The Hall–Kier alpha value is -3.36. The molecule has 9 nitrogen and oxygen atoms in total. The summed E-state index contributed by atoms with van der Waals surface area (Å²) in [4.78, 5) is 35.7. The van der Waals surface area contributed by atoms with Crippen molar-refractivity contribution in [2.75, 3.05) is 48.3 Å². The minimum Gasteiger partial charge on any atom is -0.450 e. The zero-order valence-corrected chi connectivity index (χ0v) is 16.0. The highest BCUT2D eigenvalue weighted by Gasteiger charge is 2.23. The van der Waals surface area contributed by atoms with E-state index in [-0.39, 0.29) is 12.0 Å². The van der Waals surface area contributed by atoms with Crippen LogP contribution in [0.5, 0.6) is 0 Å². The van der Waals surface area contributed by atoms with E-state index in [1.807, 2.05) is 29.2 Å². The molecule has 1 aromatic heterocycles. The summed E-state index contributed by atoms with van der Waals surface area (Å²) >= 11 is 0. The van der Waals surface area contributed by atoms with Crippen LogP contribution in [0.2, 0.25) is 0 Å². The predicted octanol–water partition coefficient (Wildman–Crippen LogP) is 2.46. The smallest absolute Gasteiger partial charge is 0.409 e. The first kappa shape index (κ1) is 19.4. The van der Waals surface area contributed by atoms with Gasteiger partial charge in [-0.05, 0) is 31.2 Å². The first-order chi connectivity index (χ1) is 13.5. The van der Waals surface area contributed by atoms with Gasteiger partial charge in [0.25, 0.3) is 0 Å². The van der Waals surface area contributed by atoms with Crippen molar-refractivity contribution in [1.82, 2.24) is 14.9 Å². The molecule has 1 saturated heterocycles. The Morgan fingerprint density at radius 1 is 1.14 bits per heavy atom. The average molecular weight is 384 g/mol. The monoisotopic (exact) mass is 384 g/mol. The fraction of sp³-hybridized carbons (Fsp3) is 0.368. The van der Waals surface area contributed by atoms with Crippen LogP contribution in [0.25, 0.3) is 0 Å². The van der Waals surface area contributed by atoms with E-state index < -0.39 is 0 Å². The number of rotatable bonds is 5. The number of anilines is 4. The van der Waals surface area contributed by atoms with E-state index in [0.717, 1.165) is 5.69 Å². The quantitative estimate of drug-likeness (QED) is 0.817. The van der Waals surface area contributed by atoms with Crippen molar-refractivity contribution in [2.45, 2.75) is 13.8 Å². The van der Waals surface area contributed by atoms with E-state index in [1.165, 1.54) is 6.92 Å². The van der Waals surface area contributed by atoms with E-state index in [2.05, 4.69) is 20.6 Å². The number of aromatic nitrogens is 2. The fourth-order valence-corrected chi connectivity index (χ4v) is 2.90. The molecule has 0 spiro atoms. The van der Waals surface area contributed by atoms with Gasteiger partial charge in [-0.3, -0.25) is 4.79 Å². The lowest BCUT2D eigenvalue weighted by molar-refractivity contribution is -0.114. The Balaban J connectivity index is 1.63. The third kappa shape index (κ3) is 5.09. The van der Waals surface area contributed by atoms with Gasteiger partial charge in [0, 0.05) is 50.7 Å². The van der Waals surface area contributed by atoms with Crippen molar-refractivity contribution >= 4 is 35.1 Å². The van der Waals surface area contributed by atoms with E-state index >= 15 is 0 Å². The van der Waals surface area contributed by atoms with Crippen LogP contribution < -0.4 is 15.5 Å². The van der Waals surface area contributed by atoms with Gasteiger partial charge in [-0.1, -0.05) is 6.07 Å². The third-order valence-electron chi connectivity index (χ3n) is 4.19. The van der Waals surface area contributed by atoms with Crippen LogP contribution in [-0.2, 0) is 9.53 Å². The maximum atomic E-state index is 11.8. The summed E-state index contributed by atoms with van der Waals surface area (Å²) in [5, 5.41) is 5.98. The highest BCUT2D eigenvalue weighted by atomic mass is 16.6. The topological polar surface area (TPSA) is 99.7 Å². The summed E-state index contributed by atoms with van der Waals surface area (Å²) in [6, 6.07) is 9.18. The summed E-state index contributed by atoms with van der Waals surface area (Å²) in [5.74, 6) is 1.13. The van der Waals surface area contributed by atoms with Gasteiger partial charge in [0.05, 0.1) is 6.61 Å². The number of hydrogen-bond donors (Lipinski definition) is 2. The average Bonchev–Trinajstić information content (AvgIpc) is 2.68. The summed E-state index contributed by atoms with van der Waals surface area (Å²) in [7, 11) is 0. The largest absolute Gasteiger partial charge is 0.450 e.